The number of hydrogen-bond donors (Lipinski definition) is 1. The van der Waals surface area contributed by atoms with Crippen molar-refractivity contribution in [1.82, 2.24) is 4.57 Å². The lowest BCUT2D eigenvalue weighted by molar-refractivity contribution is -0.792. The van der Waals surface area contributed by atoms with Crippen LogP contribution in [0.25, 0.3) is 0 Å². The largest absolute Gasteiger partial charge is 0.839 e. The highest BCUT2D eigenvalue weighted by molar-refractivity contribution is 5.92. The number of amides is 1. The maximum absolute atomic E-state index is 13.7. The number of rotatable bonds is 11. The fourth-order valence-electron chi connectivity index (χ4n) is 4.92. The van der Waals surface area contributed by atoms with Crippen molar-refractivity contribution in [3.8, 4) is 5.88 Å². The molecular weight excluding hydrogens is 610 g/mol. The average molecular weight is 644 g/mol. The van der Waals surface area contributed by atoms with E-state index >= 15 is 0 Å². The van der Waals surface area contributed by atoms with Gasteiger partial charge in [0.25, 0.3) is 5.91 Å². The van der Waals surface area contributed by atoms with Crippen LogP contribution in [0.5, 0.6) is 5.88 Å². The van der Waals surface area contributed by atoms with E-state index in [4.69, 9.17) is 43.6 Å². The van der Waals surface area contributed by atoms with Crippen LogP contribution in [-0.4, -0.2) is 96.1 Å². The Hall–Kier alpha value is -4.78. The molecule has 45 heavy (non-hydrogen) atoms. The quantitative estimate of drug-likeness (QED) is 0.150. The summed E-state index contributed by atoms with van der Waals surface area (Å²) < 4.78 is 44.8. The number of esters is 6. The zero-order valence-electron chi connectivity index (χ0n) is 25.1. The first-order chi connectivity index (χ1) is 21.0. The van der Waals surface area contributed by atoms with Crippen molar-refractivity contribution < 1.29 is 81.1 Å². The molecule has 8 atom stereocenters. The molecule has 0 bridgehead atoms. The summed E-state index contributed by atoms with van der Waals surface area (Å²) in [4.78, 5) is 83.6. The van der Waals surface area contributed by atoms with Crippen LogP contribution in [0, 0.1) is 0 Å². The Bertz CT molecular complexity index is 1360. The van der Waals surface area contributed by atoms with Gasteiger partial charge < -0.3 is 48.7 Å². The number of primary amides is 1. The summed E-state index contributed by atoms with van der Waals surface area (Å²) in [6.07, 6.45) is -10.5. The van der Waals surface area contributed by atoms with Crippen LogP contribution in [0.3, 0.4) is 0 Å². The van der Waals surface area contributed by atoms with Gasteiger partial charge in [-0.15, -0.1) is 0 Å². The standard InChI is InChI=1S/C26H33N3O16/c1-10(30)38-7-16-19(40-12(3)32)21(42-14(5)34)25(44-16)28-9-29(24(37)18(28)23(27)36)26-22(43-15(6)35)20(41-13(4)33)17(45-26)8-39-11(2)31/h9,16-17,19-22,25-26H,7-8H2,1-6H3,(H2-,27,36,37)/t16-,17-,19-,20-,21-,22-,25-,26-/m1/s1. The molecule has 1 amide bonds. The lowest BCUT2D eigenvalue weighted by atomic mass is 10.1. The SMILES string of the molecule is CC(=O)OC[C@H]1O[C@@H](n2c[n+]([C@@H]3O[C@H](COC(C)=O)[C@@H](OC(C)=O)[C@H]3OC(C)=O)c([O-])c2C(N)=O)[C@H](OC(C)=O)[C@@H]1OC(C)=O. The Morgan fingerprint density at radius 3 is 1.58 bits per heavy atom. The van der Waals surface area contributed by atoms with Gasteiger partial charge in [-0.2, -0.15) is 4.57 Å². The number of nitrogens with two attached hydrogens (primary N) is 1. The van der Waals surface area contributed by atoms with Gasteiger partial charge in [0.15, 0.2) is 12.2 Å². The van der Waals surface area contributed by atoms with Crippen LogP contribution in [0.1, 0.15) is 64.5 Å². The summed E-state index contributed by atoms with van der Waals surface area (Å²) in [5, 5.41) is 13.7. The number of hydrogen-bond acceptors (Lipinski definition) is 16. The second kappa shape index (κ2) is 14.3. The molecule has 0 aliphatic carbocycles. The molecule has 2 N–H and O–H groups in total. The van der Waals surface area contributed by atoms with Crippen LogP contribution in [0.2, 0.25) is 0 Å². The molecule has 0 saturated carbocycles. The highest BCUT2D eigenvalue weighted by Crippen LogP contribution is 2.38. The van der Waals surface area contributed by atoms with Crippen molar-refractivity contribution in [2.75, 3.05) is 13.2 Å². The smallest absolute Gasteiger partial charge is 0.303 e. The van der Waals surface area contributed by atoms with E-state index in [9.17, 15) is 38.7 Å². The maximum Gasteiger partial charge on any atom is 0.303 e. The van der Waals surface area contributed by atoms with Gasteiger partial charge in [-0.1, -0.05) is 0 Å². The van der Waals surface area contributed by atoms with Crippen LogP contribution in [0.15, 0.2) is 6.33 Å². The monoisotopic (exact) mass is 643 g/mol. The Morgan fingerprint density at radius 2 is 1.13 bits per heavy atom. The second-order valence-electron chi connectivity index (χ2n) is 9.98. The van der Waals surface area contributed by atoms with E-state index in [1.165, 1.54) is 0 Å². The Kier molecular flexibility index (Phi) is 11.1. The van der Waals surface area contributed by atoms with E-state index in [1.807, 2.05) is 0 Å². The number of carbonyl (C=O) groups is 7. The lowest BCUT2D eigenvalue weighted by Gasteiger charge is -2.22. The molecule has 3 heterocycles. The summed E-state index contributed by atoms with van der Waals surface area (Å²) in [6, 6.07) is 0. The van der Waals surface area contributed by atoms with Crippen LogP contribution < -0.4 is 15.4 Å². The molecule has 248 valence electrons. The molecule has 3 rings (SSSR count). The number of imidazole rings is 1. The first kappa shape index (κ1) is 34.7. The first-order valence-corrected chi connectivity index (χ1v) is 13.4. The van der Waals surface area contributed by atoms with Crippen LogP contribution in [-0.2, 0) is 66.7 Å². The van der Waals surface area contributed by atoms with E-state index in [0.717, 1.165) is 57.0 Å². The van der Waals surface area contributed by atoms with E-state index in [1.54, 1.807) is 0 Å². The molecule has 0 aromatic carbocycles. The average Bonchev–Trinajstić information content (AvgIpc) is 3.52. The van der Waals surface area contributed by atoms with Crippen molar-refractivity contribution in [2.45, 2.75) is 90.6 Å². The molecule has 1 aromatic heterocycles. The van der Waals surface area contributed by atoms with Crippen molar-refractivity contribution in [3.63, 3.8) is 0 Å². The van der Waals surface area contributed by atoms with Crippen molar-refractivity contribution in [3.05, 3.63) is 12.0 Å². The van der Waals surface area contributed by atoms with Gasteiger partial charge in [-0.3, -0.25) is 33.6 Å². The third-order valence-electron chi connectivity index (χ3n) is 6.41. The minimum absolute atomic E-state index is 0.484. The van der Waals surface area contributed by atoms with E-state index in [2.05, 4.69) is 0 Å². The predicted molar refractivity (Wildman–Crippen MR) is 136 cm³/mol. The van der Waals surface area contributed by atoms with Crippen molar-refractivity contribution in [1.29, 1.82) is 0 Å². The summed E-state index contributed by atoms with van der Waals surface area (Å²) in [6.45, 7) is 5.46. The minimum atomic E-state index is -1.60. The Balaban J connectivity index is 2.16. The molecule has 0 radical (unpaired) electrons. The molecule has 19 nitrogen and oxygen atoms in total. The molecular formula is C26H33N3O16. The topological polar surface area (TPSA) is 251 Å². The number of ether oxygens (including phenoxy) is 8. The van der Waals surface area contributed by atoms with Crippen molar-refractivity contribution >= 4 is 41.7 Å². The first-order valence-electron chi connectivity index (χ1n) is 13.4. The van der Waals surface area contributed by atoms with Gasteiger partial charge in [-0.05, 0) is 0 Å². The summed E-state index contributed by atoms with van der Waals surface area (Å²) in [5.74, 6) is -7.21. The Morgan fingerprint density at radius 1 is 0.711 bits per heavy atom. The molecule has 19 heteroatoms. The van der Waals surface area contributed by atoms with E-state index in [-0.39, 0.29) is 0 Å². The summed E-state index contributed by atoms with van der Waals surface area (Å²) >= 11 is 0. The number of carbonyl (C=O) groups excluding carboxylic acids is 7. The predicted octanol–water partition coefficient (Wildman–Crippen LogP) is -2.40. The van der Waals surface area contributed by atoms with Gasteiger partial charge in [0.05, 0.1) is 0 Å². The molecule has 0 spiro atoms. The fraction of sp³-hybridized carbons (Fsp3) is 0.615. The van der Waals surface area contributed by atoms with Gasteiger partial charge in [0.1, 0.15) is 31.3 Å². The lowest BCUT2D eigenvalue weighted by Crippen LogP contribution is -2.49. The maximum atomic E-state index is 13.7. The molecule has 2 fully saturated rings. The summed E-state index contributed by atoms with van der Waals surface area (Å²) in [5.41, 5.74) is 4.82. The zero-order chi connectivity index (χ0) is 33.7. The number of aromatic nitrogens is 2. The van der Waals surface area contributed by atoms with Gasteiger partial charge in [0.2, 0.25) is 36.7 Å². The van der Waals surface area contributed by atoms with E-state index in [0.29, 0.717) is 0 Å². The highest BCUT2D eigenvalue weighted by Gasteiger charge is 2.56. The molecule has 1 aromatic rings. The molecule has 2 saturated heterocycles. The highest BCUT2D eigenvalue weighted by atomic mass is 16.7. The number of nitrogens with zero attached hydrogens (tertiary/aromatic N) is 2. The molecule has 2 aliphatic rings. The third kappa shape index (κ3) is 8.24. The van der Waals surface area contributed by atoms with Crippen LogP contribution >= 0.6 is 0 Å². The molecule has 0 unspecified atom stereocenters. The van der Waals surface area contributed by atoms with Gasteiger partial charge in [-0.25, -0.2) is 4.57 Å². The normalized spacial score (nSPS) is 27.2. The van der Waals surface area contributed by atoms with Gasteiger partial charge >= 0.3 is 35.8 Å². The van der Waals surface area contributed by atoms with Crippen LogP contribution in [0.4, 0.5) is 0 Å². The third-order valence-corrected chi connectivity index (χ3v) is 6.41. The van der Waals surface area contributed by atoms with E-state index < -0.39 is 116 Å². The second-order valence-corrected chi connectivity index (χ2v) is 9.98. The Labute approximate surface area is 255 Å². The van der Waals surface area contributed by atoms with Gasteiger partial charge in [0, 0.05) is 41.5 Å². The molecule has 2 aliphatic heterocycles. The fourth-order valence-corrected chi connectivity index (χ4v) is 4.92. The summed E-state index contributed by atoms with van der Waals surface area (Å²) in [7, 11) is 0. The minimum Gasteiger partial charge on any atom is -0.839 e. The zero-order valence-corrected chi connectivity index (χ0v) is 25.1. The van der Waals surface area contributed by atoms with Crippen molar-refractivity contribution in [2.24, 2.45) is 5.73 Å².